The van der Waals surface area contributed by atoms with Gasteiger partial charge in [-0.25, -0.2) is 4.98 Å². The van der Waals surface area contributed by atoms with Crippen molar-refractivity contribution in [3.63, 3.8) is 0 Å². The second kappa shape index (κ2) is 11.8. The first-order chi connectivity index (χ1) is 18.2. The molecule has 1 aliphatic rings. The Morgan fingerprint density at radius 1 is 0.974 bits per heavy atom. The van der Waals surface area contributed by atoms with E-state index < -0.39 is 18.0 Å². The molecule has 1 aromatic heterocycles. The highest BCUT2D eigenvalue weighted by atomic mass is 19.4. The molecule has 4 N–H and O–H groups in total. The third-order valence-corrected chi connectivity index (χ3v) is 6.21. The normalized spacial score (nSPS) is 14.1. The number of nitrogens with one attached hydrogen (secondary N) is 2. The summed E-state index contributed by atoms with van der Waals surface area (Å²) in [6, 6.07) is 19.1. The van der Waals surface area contributed by atoms with E-state index in [1.807, 2.05) is 65.6 Å². The molecule has 0 radical (unpaired) electrons. The molecule has 1 aliphatic heterocycles. The van der Waals surface area contributed by atoms with Crippen molar-refractivity contribution in [3.8, 4) is 0 Å². The number of carbonyl (C=O) groups excluding carboxylic acids is 2. The van der Waals surface area contributed by atoms with Crippen LogP contribution in [0.3, 0.4) is 0 Å². The maximum Gasteiger partial charge on any atom is 0.471 e. The van der Waals surface area contributed by atoms with Crippen LogP contribution in [0.2, 0.25) is 0 Å². The number of benzene rings is 2. The lowest BCUT2D eigenvalue weighted by molar-refractivity contribution is -0.185. The Morgan fingerprint density at radius 3 is 2.39 bits per heavy atom. The largest absolute Gasteiger partial charge is 0.471 e. The lowest BCUT2D eigenvalue weighted by Crippen LogP contribution is -2.43. The number of anilines is 4. The number of aromatic nitrogens is 1. The summed E-state index contributed by atoms with van der Waals surface area (Å²) in [6.07, 6.45) is -2.74. The lowest BCUT2D eigenvalue weighted by Gasteiger charge is -2.24. The predicted molar refractivity (Wildman–Crippen MR) is 140 cm³/mol. The van der Waals surface area contributed by atoms with Crippen LogP contribution < -0.4 is 21.3 Å². The molecular formula is C27H29F3N6O2. The van der Waals surface area contributed by atoms with Crippen molar-refractivity contribution in [2.45, 2.75) is 25.6 Å². The van der Waals surface area contributed by atoms with Crippen LogP contribution >= 0.6 is 0 Å². The van der Waals surface area contributed by atoms with E-state index in [0.717, 1.165) is 27.5 Å². The summed E-state index contributed by atoms with van der Waals surface area (Å²) in [5.41, 5.74) is 9.54. The van der Waals surface area contributed by atoms with Crippen molar-refractivity contribution in [2.75, 3.05) is 41.7 Å². The van der Waals surface area contributed by atoms with E-state index in [0.29, 0.717) is 37.4 Å². The van der Waals surface area contributed by atoms with Gasteiger partial charge in [0.1, 0.15) is 5.82 Å². The monoisotopic (exact) mass is 526 g/mol. The smallest absolute Gasteiger partial charge is 0.381 e. The van der Waals surface area contributed by atoms with Crippen molar-refractivity contribution >= 4 is 34.7 Å². The number of primary amides is 1. The molecule has 0 saturated carbocycles. The van der Waals surface area contributed by atoms with E-state index in [1.54, 1.807) is 6.20 Å². The van der Waals surface area contributed by atoms with Gasteiger partial charge in [-0.3, -0.25) is 9.59 Å². The van der Waals surface area contributed by atoms with Crippen LogP contribution in [0.1, 0.15) is 17.5 Å². The van der Waals surface area contributed by atoms with Crippen LogP contribution in [0.4, 0.5) is 36.1 Å². The van der Waals surface area contributed by atoms with Gasteiger partial charge >= 0.3 is 12.1 Å². The second-order valence-electron chi connectivity index (χ2n) is 9.01. The van der Waals surface area contributed by atoms with Gasteiger partial charge in [0.15, 0.2) is 0 Å². The first-order valence-corrected chi connectivity index (χ1v) is 12.2. The summed E-state index contributed by atoms with van der Waals surface area (Å²) < 4.78 is 38.4. The third-order valence-electron chi connectivity index (χ3n) is 6.21. The number of nitrogens with zero attached hydrogens (tertiary/aromatic N) is 3. The van der Waals surface area contributed by atoms with E-state index >= 15 is 0 Å². The van der Waals surface area contributed by atoms with Gasteiger partial charge in [-0.2, -0.15) is 13.2 Å². The van der Waals surface area contributed by atoms with Gasteiger partial charge < -0.3 is 26.2 Å². The Morgan fingerprint density at radius 2 is 1.71 bits per heavy atom. The molecule has 1 saturated heterocycles. The molecule has 1 fully saturated rings. The molecule has 4 rings (SSSR count). The average Bonchev–Trinajstić information content (AvgIpc) is 3.15. The van der Waals surface area contributed by atoms with Crippen molar-refractivity contribution in [1.82, 2.24) is 9.88 Å². The van der Waals surface area contributed by atoms with Gasteiger partial charge in [0, 0.05) is 67.6 Å². The number of halogens is 3. The number of hydrogen-bond donors (Lipinski definition) is 3. The van der Waals surface area contributed by atoms with E-state index in [2.05, 4.69) is 15.6 Å². The SMILES string of the molecule is NC(=O)Cc1cnc(Nc2ccc(N3CCCN(C(=O)C(F)(F)F)CC3)cc2)cc1NCc1ccccc1. The Balaban J connectivity index is 1.42. The maximum absolute atomic E-state index is 12.8. The predicted octanol–water partition coefficient (Wildman–Crippen LogP) is 4.07. The van der Waals surface area contributed by atoms with Gasteiger partial charge in [0.05, 0.1) is 6.42 Å². The van der Waals surface area contributed by atoms with Gasteiger partial charge in [0.2, 0.25) is 5.91 Å². The minimum atomic E-state index is -4.86. The van der Waals surface area contributed by atoms with Gasteiger partial charge in [-0.1, -0.05) is 30.3 Å². The van der Waals surface area contributed by atoms with Gasteiger partial charge in [-0.05, 0) is 36.2 Å². The van der Waals surface area contributed by atoms with Crippen molar-refractivity contribution in [1.29, 1.82) is 0 Å². The molecule has 200 valence electrons. The zero-order valence-corrected chi connectivity index (χ0v) is 20.7. The highest BCUT2D eigenvalue weighted by Gasteiger charge is 2.42. The maximum atomic E-state index is 12.8. The van der Waals surface area contributed by atoms with Crippen molar-refractivity contribution in [3.05, 3.63) is 78.0 Å². The van der Waals surface area contributed by atoms with Gasteiger partial charge in [0.25, 0.3) is 0 Å². The molecule has 2 amide bonds. The standard InChI is InChI=1S/C27H29F3N6O2/c28-27(29,30)26(38)36-12-4-11-35(13-14-36)22-9-7-21(8-10-22)34-25-16-23(20(18-33-25)15-24(31)37)32-17-19-5-2-1-3-6-19/h1-3,5-10,16,18H,4,11-15,17H2,(H2,31,37)(H2,32,33,34). The molecule has 0 bridgehead atoms. The molecule has 38 heavy (non-hydrogen) atoms. The van der Waals surface area contributed by atoms with Crippen LogP contribution in [0.5, 0.6) is 0 Å². The summed E-state index contributed by atoms with van der Waals surface area (Å²) in [5.74, 6) is -1.67. The highest BCUT2D eigenvalue weighted by molar-refractivity contribution is 5.82. The molecule has 0 spiro atoms. The molecule has 11 heteroatoms. The van der Waals surface area contributed by atoms with Crippen LogP contribution in [0.25, 0.3) is 0 Å². The van der Waals surface area contributed by atoms with E-state index in [9.17, 15) is 22.8 Å². The first kappa shape index (κ1) is 26.8. The molecule has 2 heterocycles. The van der Waals surface area contributed by atoms with Crippen LogP contribution in [0, 0.1) is 0 Å². The summed E-state index contributed by atoms with van der Waals surface area (Å²) in [5, 5.41) is 6.59. The molecular weight excluding hydrogens is 497 g/mol. The van der Waals surface area contributed by atoms with Crippen molar-refractivity contribution < 1.29 is 22.8 Å². The molecule has 3 aromatic rings. The number of nitrogens with two attached hydrogens (primary N) is 1. The fourth-order valence-corrected chi connectivity index (χ4v) is 4.30. The lowest BCUT2D eigenvalue weighted by atomic mass is 10.1. The summed E-state index contributed by atoms with van der Waals surface area (Å²) in [4.78, 5) is 30.4. The summed E-state index contributed by atoms with van der Waals surface area (Å²) in [7, 11) is 0. The molecule has 2 aromatic carbocycles. The Bertz CT molecular complexity index is 1250. The topological polar surface area (TPSA) is 104 Å². The molecule has 0 atom stereocenters. The van der Waals surface area contributed by atoms with Crippen LogP contribution in [-0.2, 0) is 22.6 Å². The minimum Gasteiger partial charge on any atom is -0.381 e. The zero-order valence-electron chi connectivity index (χ0n) is 20.7. The summed E-state index contributed by atoms with van der Waals surface area (Å²) in [6.45, 7) is 1.51. The quantitative estimate of drug-likeness (QED) is 0.409. The second-order valence-corrected chi connectivity index (χ2v) is 9.01. The summed E-state index contributed by atoms with van der Waals surface area (Å²) >= 11 is 0. The molecule has 8 nitrogen and oxygen atoms in total. The third kappa shape index (κ3) is 7.15. The first-order valence-electron chi connectivity index (χ1n) is 12.2. The number of carbonyl (C=O) groups is 2. The average molecular weight is 527 g/mol. The molecule has 0 unspecified atom stereocenters. The Kier molecular flexibility index (Phi) is 8.35. The van der Waals surface area contributed by atoms with Crippen LogP contribution in [0.15, 0.2) is 66.9 Å². The van der Waals surface area contributed by atoms with E-state index in [4.69, 9.17) is 5.73 Å². The van der Waals surface area contributed by atoms with Gasteiger partial charge in [-0.15, -0.1) is 0 Å². The Hall–Kier alpha value is -4.28. The minimum absolute atomic E-state index is 0.0126. The zero-order chi connectivity index (χ0) is 27.1. The molecule has 0 aliphatic carbocycles. The van der Waals surface area contributed by atoms with Crippen LogP contribution in [-0.4, -0.2) is 54.1 Å². The van der Waals surface area contributed by atoms with E-state index in [1.165, 1.54) is 0 Å². The number of rotatable bonds is 8. The number of pyridine rings is 1. The fourth-order valence-electron chi connectivity index (χ4n) is 4.30. The fraction of sp³-hybridized carbons (Fsp3) is 0.296. The highest BCUT2D eigenvalue weighted by Crippen LogP contribution is 2.26. The van der Waals surface area contributed by atoms with E-state index in [-0.39, 0.29) is 19.5 Å². The Labute approximate surface area is 218 Å². The number of alkyl halides is 3. The number of amides is 2. The number of hydrogen-bond acceptors (Lipinski definition) is 6. The van der Waals surface area contributed by atoms with Crippen molar-refractivity contribution in [2.24, 2.45) is 5.73 Å².